The molecule has 7 aromatic carbocycles. The first-order chi connectivity index (χ1) is 31.8. The quantitative estimate of drug-likeness (QED) is 0.149. The summed E-state index contributed by atoms with van der Waals surface area (Å²) in [4.78, 5) is 5.02. The molecule has 0 spiro atoms. The standard InChI is InChI=1S/C60H52N4O.Pt/c1-58(2,3)42-30-33-61-56(34-42)64-54-36-45(28-29-48(54)49-37-50-51(38-55(49)64)60(6,7)32-31-59(50,4)5)65-44-23-16-22-43(35-44)62-39-63(53-27-15-14-26-52(53)62)57-46(40-18-10-8-11-19-40)24-17-25-47(57)41-20-12-9-13-21-41;/h8-30,33-34,37-38H,31-32H2,1-7H3;/q-2;. The van der Waals surface area contributed by atoms with Crippen LogP contribution in [0.3, 0.4) is 0 Å². The zero-order valence-electron chi connectivity index (χ0n) is 38.5. The van der Waals surface area contributed by atoms with Gasteiger partial charge in [-0.15, -0.1) is 0 Å². The van der Waals surface area contributed by atoms with Crippen LogP contribution in [0.4, 0.5) is 0 Å². The fourth-order valence-electron chi connectivity index (χ4n) is 10.1. The molecular weight excluding hydrogens is 988 g/mol. The van der Waals surface area contributed by atoms with Crippen LogP contribution in [0.1, 0.15) is 78.0 Å². The van der Waals surface area contributed by atoms with Gasteiger partial charge in [-0.3, -0.25) is 0 Å². The number of imidazole rings is 1. The smallest absolute Gasteiger partial charge is 0.0558 e. The molecule has 0 radical (unpaired) electrons. The van der Waals surface area contributed by atoms with Crippen molar-refractivity contribution in [2.45, 2.75) is 77.6 Å². The van der Waals surface area contributed by atoms with Crippen LogP contribution in [0.5, 0.6) is 11.5 Å². The summed E-state index contributed by atoms with van der Waals surface area (Å²) in [5.74, 6) is 2.10. The molecule has 0 aliphatic heterocycles. The van der Waals surface area contributed by atoms with Crippen molar-refractivity contribution >= 4 is 32.8 Å². The van der Waals surface area contributed by atoms with E-state index in [1.165, 1.54) is 22.1 Å². The van der Waals surface area contributed by atoms with Gasteiger partial charge in [0.25, 0.3) is 0 Å². The number of pyridine rings is 1. The third-order valence-corrected chi connectivity index (χ3v) is 14.8. The number of fused-ring (bicyclic) bond motifs is 5. The topological polar surface area (TPSA) is 36.9 Å². The van der Waals surface area contributed by atoms with E-state index in [0.717, 1.165) is 83.5 Å². The second kappa shape index (κ2) is 15.8. The van der Waals surface area contributed by atoms with Gasteiger partial charge in [0, 0.05) is 6.20 Å². The van der Waals surface area contributed by atoms with Crippen molar-refractivity contribution in [2.24, 2.45) is 0 Å². The molecule has 11 rings (SSSR count). The number of rotatable bonds is 7. The molecule has 0 saturated heterocycles. The van der Waals surface area contributed by atoms with Crippen LogP contribution < -0.4 is 4.74 Å². The predicted octanol–water partition coefficient (Wildman–Crippen LogP) is 15.4. The van der Waals surface area contributed by atoms with E-state index in [9.17, 15) is 0 Å². The first-order valence-electron chi connectivity index (χ1n) is 22.9. The number of benzene rings is 7. The van der Waals surface area contributed by atoms with Gasteiger partial charge in [0.15, 0.2) is 0 Å². The summed E-state index contributed by atoms with van der Waals surface area (Å²) >= 11 is 2.49. The van der Waals surface area contributed by atoms with E-state index in [4.69, 9.17) is 9.72 Å². The van der Waals surface area contributed by atoms with Crippen LogP contribution in [0, 0.1) is 15.9 Å². The third-order valence-electron chi connectivity index (χ3n) is 13.8. The van der Waals surface area contributed by atoms with Crippen molar-refractivity contribution in [3.05, 3.63) is 197 Å². The molecule has 0 saturated carbocycles. The van der Waals surface area contributed by atoms with Gasteiger partial charge in [-0.25, -0.2) is 0 Å². The minimum atomic E-state index is -0.0436. The second-order valence-electron chi connectivity index (χ2n) is 20.1. The van der Waals surface area contributed by atoms with Crippen molar-refractivity contribution in [1.82, 2.24) is 18.7 Å². The summed E-state index contributed by atoms with van der Waals surface area (Å²) in [6.45, 7) is 16.3. The molecule has 3 aromatic heterocycles. The van der Waals surface area contributed by atoms with Gasteiger partial charge in [0.05, 0.1) is 0 Å². The van der Waals surface area contributed by atoms with Crippen molar-refractivity contribution in [3.63, 3.8) is 0 Å². The SMILES string of the molecule is CC(C)(C)c1ccnc(-n2c3[c-]c(Oc4[c-]c(-n5[c](=[Pt])n(-c6c(-c7ccccc7)cccc6-c6ccccc6)c6ccccc65)ccc4)ccc3c3cc4c(cc32)C(C)(C)CCC4(C)C)c1. The molecule has 0 atom stereocenters. The number of ether oxygens (including phenoxy) is 1. The number of aromatic nitrogens is 4. The number of nitrogens with zero attached hydrogens (tertiary/aromatic N) is 4. The number of hydrogen-bond acceptors (Lipinski definition) is 2. The van der Waals surface area contributed by atoms with Crippen LogP contribution in [0.15, 0.2) is 164 Å². The summed E-state index contributed by atoms with van der Waals surface area (Å²) < 4.78 is 14.8. The predicted molar refractivity (Wildman–Crippen MR) is 267 cm³/mol. The Morgan fingerprint density at radius 1 is 0.561 bits per heavy atom. The van der Waals surface area contributed by atoms with E-state index in [-0.39, 0.29) is 16.2 Å². The Balaban J connectivity index is 1.06. The van der Waals surface area contributed by atoms with Crippen LogP contribution >= 0.6 is 0 Å². The minimum absolute atomic E-state index is 0.0436. The summed E-state index contributed by atoms with van der Waals surface area (Å²) in [6.07, 6.45) is 4.24. The first-order valence-corrected chi connectivity index (χ1v) is 24.1. The third kappa shape index (κ3) is 7.11. The van der Waals surface area contributed by atoms with E-state index in [2.05, 4.69) is 245 Å². The van der Waals surface area contributed by atoms with Gasteiger partial charge >= 0.3 is 294 Å². The fourth-order valence-corrected chi connectivity index (χ4v) is 11.1. The summed E-state index contributed by atoms with van der Waals surface area (Å²) in [5.41, 5.74) is 15.0. The van der Waals surface area contributed by atoms with E-state index >= 15 is 0 Å². The second-order valence-corrected chi connectivity index (χ2v) is 21.1. The molecule has 66 heavy (non-hydrogen) atoms. The molecule has 3 heterocycles. The molecule has 0 fully saturated rings. The van der Waals surface area contributed by atoms with Gasteiger partial charge < -0.3 is 0 Å². The molecule has 0 amide bonds. The molecule has 0 bridgehead atoms. The van der Waals surface area contributed by atoms with E-state index < -0.39 is 0 Å². The van der Waals surface area contributed by atoms with Crippen LogP contribution in [-0.4, -0.2) is 18.7 Å². The summed E-state index contributed by atoms with van der Waals surface area (Å²) in [6, 6.07) is 63.7. The Morgan fingerprint density at radius 2 is 1.15 bits per heavy atom. The van der Waals surface area contributed by atoms with Gasteiger partial charge in [-0.1, -0.05) is 48.5 Å². The van der Waals surface area contributed by atoms with Gasteiger partial charge in [-0.2, -0.15) is 0 Å². The Bertz CT molecular complexity index is 3510. The number of hydrogen-bond donors (Lipinski definition) is 0. The molecule has 6 heteroatoms. The molecular formula is C60H52N4OPt-2. The molecule has 1 aliphatic carbocycles. The normalized spacial score (nSPS) is 14.5. The maximum atomic E-state index is 6.81. The van der Waals surface area contributed by atoms with Crippen molar-refractivity contribution in [3.8, 4) is 50.9 Å². The molecule has 1 aliphatic rings. The van der Waals surface area contributed by atoms with Gasteiger partial charge in [-0.05, 0) is 51.8 Å². The summed E-state index contributed by atoms with van der Waals surface area (Å²) in [5, 5.41) is 2.34. The molecule has 330 valence electrons. The van der Waals surface area contributed by atoms with Gasteiger partial charge in [0.2, 0.25) is 0 Å². The van der Waals surface area contributed by atoms with Crippen molar-refractivity contribution in [2.75, 3.05) is 0 Å². The van der Waals surface area contributed by atoms with Crippen molar-refractivity contribution in [1.29, 1.82) is 0 Å². The maximum absolute atomic E-state index is 6.81. The molecule has 0 N–H and O–H groups in total. The minimum Gasteiger partial charge on any atom is -0.0558 e. The van der Waals surface area contributed by atoms with Crippen molar-refractivity contribution < 1.29 is 24.1 Å². The fraction of sp³-hybridized carbons (Fsp3) is 0.200. The molecule has 10 aromatic rings. The first kappa shape index (κ1) is 42.1. The van der Waals surface area contributed by atoms with Crippen LogP contribution in [-0.2, 0) is 35.6 Å². The summed E-state index contributed by atoms with van der Waals surface area (Å²) in [7, 11) is 0. The van der Waals surface area contributed by atoms with Crippen LogP contribution in [0.2, 0.25) is 0 Å². The zero-order valence-corrected chi connectivity index (χ0v) is 40.8. The molecule has 5 nitrogen and oxygen atoms in total. The van der Waals surface area contributed by atoms with E-state index in [1.54, 1.807) is 0 Å². The zero-order chi connectivity index (χ0) is 45.5. The average Bonchev–Trinajstić information content (AvgIpc) is 3.80. The Morgan fingerprint density at radius 3 is 1.80 bits per heavy atom. The van der Waals surface area contributed by atoms with Crippen LogP contribution in [0.25, 0.3) is 72.3 Å². The Kier molecular flexibility index (Phi) is 10.1. The Labute approximate surface area is 398 Å². The van der Waals surface area contributed by atoms with E-state index in [0.29, 0.717) is 11.5 Å². The monoisotopic (exact) mass is 1040 g/mol. The Hall–Kier alpha value is -6.55. The number of para-hydroxylation sites is 3. The average molecular weight is 1040 g/mol. The van der Waals surface area contributed by atoms with E-state index in [1.807, 2.05) is 12.3 Å². The molecule has 0 unspecified atom stereocenters. The van der Waals surface area contributed by atoms with Gasteiger partial charge in [0.1, 0.15) is 0 Å².